The van der Waals surface area contributed by atoms with E-state index in [4.69, 9.17) is 0 Å². The Hall–Kier alpha value is -0.340. The third-order valence-electron chi connectivity index (χ3n) is 3.65. The minimum absolute atomic E-state index is 0.120. The van der Waals surface area contributed by atoms with E-state index in [1.54, 1.807) is 0 Å². The number of aliphatic hydroxyl groups is 1. The van der Waals surface area contributed by atoms with E-state index in [-0.39, 0.29) is 5.41 Å². The van der Waals surface area contributed by atoms with Crippen molar-refractivity contribution in [1.29, 1.82) is 0 Å². The number of aliphatic hydroxyl groups excluding tert-OH is 1. The first-order valence-electron chi connectivity index (χ1n) is 5.47. The van der Waals surface area contributed by atoms with Crippen molar-refractivity contribution >= 4 is 15.9 Å². The van der Waals surface area contributed by atoms with Crippen LogP contribution in [0.5, 0.6) is 0 Å². The first-order chi connectivity index (χ1) is 7.18. The van der Waals surface area contributed by atoms with Crippen molar-refractivity contribution in [3.05, 3.63) is 35.9 Å². The van der Waals surface area contributed by atoms with Crippen LogP contribution in [0.3, 0.4) is 0 Å². The first-order valence-corrected chi connectivity index (χ1v) is 6.39. The van der Waals surface area contributed by atoms with Crippen molar-refractivity contribution in [2.24, 2.45) is 11.3 Å². The van der Waals surface area contributed by atoms with E-state index in [0.29, 0.717) is 17.4 Å². The van der Waals surface area contributed by atoms with Gasteiger partial charge in [0.15, 0.2) is 0 Å². The number of halogens is 1. The van der Waals surface area contributed by atoms with E-state index in [1.165, 1.54) is 5.56 Å². The number of aryl methyl sites for hydroxylation is 1. The lowest BCUT2D eigenvalue weighted by molar-refractivity contribution is 0.211. The Bertz CT molecular complexity index is 325. The number of benzene rings is 1. The van der Waals surface area contributed by atoms with Crippen molar-refractivity contribution in [2.75, 3.05) is 6.61 Å². The average molecular weight is 269 g/mol. The minimum Gasteiger partial charge on any atom is -0.396 e. The zero-order chi connectivity index (χ0) is 10.9. The van der Waals surface area contributed by atoms with E-state index in [1.807, 2.05) is 6.07 Å². The highest BCUT2D eigenvalue weighted by Crippen LogP contribution is 2.58. The molecule has 0 aliphatic heterocycles. The predicted octanol–water partition coefficient (Wildman–Crippen LogP) is 3.01. The van der Waals surface area contributed by atoms with Crippen molar-refractivity contribution < 1.29 is 5.11 Å². The van der Waals surface area contributed by atoms with E-state index in [9.17, 15) is 5.11 Å². The fourth-order valence-electron chi connectivity index (χ4n) is 2.25. The monoisotopic (exact) mass is 268 g/mol. The molecule has 1 nitrogen and oxygen atoms in total. The van der Waals surface area contributed by atoms with Crippen LogP contribution < -0.4 is 0 Å². The molecule has 0 unspecified atom stereocenters. The van der Waals surface area contributed by atoms with E-state index >= 15 is 0 Å². The summed E-state index contributed by atoms with van der Waals surface area (Å²) in [6, 6.07) is 10.5. The molecule has 0 radical (unpaired) electrons. The number of alkyl halides is 1. The molecule has 0 bridgehead atoms. The third-order valence-corrected chi connectivity index (χ3v) is 5.33. The number of hydrogen-bond donors (Lipinski definition) is 1. The highest BCUT2D eigenvalue weighted by Gasteiger charge is 2.58. The topological polar surface area (TPSA) is 20.2 Å². The first kappa shape index (κ1) is 11.2. The van der Waals surface area contributed by atoms with Crippen LogP contribution in [0, 0.1) is 11.3 Å². The van der Waals surface area contributed by atoms with Crippen LogP contribution in [0.4, 0.5) is 0 Å². The summed E-state index contributed by atoms with van der Waals surface area (Å²) in [5, 5.41) is 9.27. The van der Waals surface area contributed by atoms with Gasteiger partial charge < -0.3 is 5.11 Å². The standard InChI is InChI=1S/C13H17BrO/c1-13(9-15)11(12(13)14)8-7-10-5-3-2-4-6-10/h2-6,11-12,15H,7-9H2,1H3/t11-,12+,13+/m0/s1. The molecule has 1 fully saturated rings. The van der Waals surface area contributed by atoms with Gasteiger partial charge in [-0.25, -0.2) is 0 Å². The molecule has 2 rings (SSSR count). The molecule has 0 spiro atoms. The van der Waals surface area contributed by atoms with Gasteiger partial charge in [0.05, 0.1) is 0 Å². The molecule has 0 saturated heterocycles. The fourth-order valence-corrected chi connectivity index (χ4v) is 3.45. The van der Waals surface area contributed by atoms with Gasteiger partial charge >= 0.3 is 0 Å². The van der Waals surface area contributed by atoms with Gasteiger partial charge in [-0.2, -0.15) is 0 Å². The lowest BCUT2D eigenvalue weighted by atomic mass is 10.0. The summed E-state index contributed by atoms with van der Waals surface area (Å²) in [6.45, 7) is 2.45. The summed E-state index contributed by atoms with van der Waals surface area (Å²) in [5.74, 6) is 0.628. The fraction of sp³-hybridized carbons (Fsp3) is 0.538. The van der Waals surface area contributed by atoms with Crippen LogP contribution >= 0.6 is 15.9 Å². The Morgan fingerprint density at radius 3 is 2.53 bits per heavy atom. The Kier molecular flexibility index (Phi) is 3.17. The van der Waals surface area contributed by atoms with Crippen LogP contribution in [0.25, 0.3) is 0 Å². The molecule has 0 heterocycles. The van der Waals surface area contributed by atoms with Gasteiger partial charge in [0.25, 0.3) is 0 Å². The molecule has 1 aromatic carbocycles. The SMILES string of the molecule is C[C@]1(CO)[C@H](Br)[C@@H]1CCc1ccccc1. The molecule has 2 heteroatoms. The highest BCUT2D eigenvalue weighted by atomic mass is 79.9. The quantitative estimate of drug-likeness (QED) is 0.833. The lowest BCUT2D eigenvalue weighted by Gasteiger charge is -2.05. The van der Waals surface area contributed by atoms with Crippen LogP contribution in [0.2, 0.25) is 0 Å². The summed E-state index contributed by atoms with van der Waals surface area (Å²) < 4.78 is 0. The van der Waals surface area contributed by atoms with Gasteiger partial charge in [0.2, 0.25) is 0 Å². The highest BCUT2D eigenvalue weighted by molar-refractivity contribution is 9.09. The van der Waals surface area contributed by atoms with Crippen molar-refractivity contribution in [3.63, 3.8) is 0 Å². The lowest BCUT2D eigenvalue weighted by Crippen LogP contribution is -2.06. The van der Waals surface area contributed by atoms with Crippen LogP contribution in [-0.2, 0) is 6.42 Å². The molecule has 0 aromatic heterocycles. The molecule has 1 N–H and O–H groups in total. The summed E-state index contributed by atoms with van der Waals surface area (Å²) in [6.07, 6.45) is 2.28. The minimum atomic E-state index is 0.120. The van der Waals surface area contributed by atoms with Gasteiger partial charge in [-0.05, 0) is 24.3 Å². The molecule has 0 amide bonds. The third kappa shape index (κ3) is 2.11. The molecular weight excluding hydrogens is 252 g/mol. The van der Waals surface area contributed by atoms with E-state index < -0.39 is 0 Å². The van der Waals surface area contributed by atoms with Crippen molar-refractivity contribution in [3.8, 4) is 0 Å². The second-order valence-corrected chi connectivity index (χ2v) is 5.68. The second kappa shape index (κ2) is 4.26. The molecule has 1 aromatic rings. The summed E-state index contributed by atoms with van der Waals surface area (Å²) in [5.41, 5.74) is 1.51. The smallest absolute Gasteiger partial charge is 0.0498 e. The number of hydrogen-bond acceptors (Lipinski definition) is 1. The van der Waals surface area contributed by atoms with Gasteiger partial charge in [-0.1, -0.05) is 53.2 Å². The van der Waals surface area contributed by atoms with Crippen LogP contribution in [-0.4, -0.2) is 16.5 Å². The van der Waals surface area contributed by atoms with Gasteiger partial charge in [0.1, 0.15) is 0 Å². The summed E-state index contributed by atoms with van der Waals surface area (Å²) >= 11 is 3.64. The Labute approximate surface area is 99.6 Å². The normalized spacial score (nSPS) is 34.1. The molecular formula is C13H17BrO. The molecule has 1 aliphatic rings. The van der Waals surface area contributed by atoms with E-state index in [0.717, 1.165) is 12.8 Å². The van der Waals surface area contributed by atoms with E-state index in [2.05, 4.69) is 47.1 Å². The Balaban J connectivity index is 1.86. The molecule has 1 aliphatic carbocycles. The number of rotatable bonds is 4. The Morgan fingerprint density at radius 1 is 1.33 bits per heavy atom. The summed E-state index contributed by atoms with van der Waals surface area (Å²) in [7, 11) is 0. The predicted molar refractivity (Wildman–Crippen MR) is 66.2 cm³/mol. The van der Waals surface area contributed by atoms with Crippen molar-refractivity contribution in [2.45, 2.75) is 24.6 Å². The van der Waals surface area contributed by atoms with Gasteiger partial charge in [0, 0.05) is 16.8 Å². The van der Waals surface area contributed by atoms with Gasteiger partial charge in [-0.15, -0.1) is 0 Å². The molecule has 15 heavy (non-hydrogen) atoms. The van der Waals surface area contributed by atoms with Crippen LogP contribution in [0.15, 0.2) is 30.3 Å². The maximum atomic E-state index is 9.27. The average Bonchev–Trinajstić information content (AvgIpc) is 2.81. The maximum Gasteiger partial charge on any atom is 0.0498 e. The second-order valence-electron chi connectivity index (χ2n) is 4.70. The van der Waals surface area contributed by atoms with Gasteiger partial charge in [-0.3, -0.25) is 0 Å². The Morgan fingerprint density at radius 2 is 2.00 bits per heavy atom. The maximum absolute atomic E-state index is 9.27. The molecule has 82 valence electrons. The van der Waals surface area contributed by atoms with Crippen molar-refractivity contribution in [1.82, 2.24) is 0 Å². The molecule has 1 saturated carbocycles. The molecule has 3 atom stereocenters. The zero-order valence-electron chi connectivity index (χ0n) is 8.99. The zero-order valence-corrected chi connectivity index (χ0v) is 10.6. The van der Waals surface area contributed by atoms with Crippen LogP contribution in [0.1, 0.15) is 18.9 Å². The largest absolute Gasteiger partial charge is 0.396 e. The summed E-state index contributed by atoms with van der Waals surface area (Å²) in [4.78, 5) is 0.499.